The van der Waals surface area contributed by atoms with E-state index in [0.29, 0.717) is 32.6 Å². The van der Waals surface area contributed by atoms with Crippen molar-refractivity contribution in [1.82, 2.24) is 9.55 Å². The first kappa shape index (κ1) is 21.6. The summed E-state index contributed by atoms with van der Waals surface area (Å²) in [5.41, 5.74) is 3.05. The minimum atomic E-state index is -0.164. The molecule has 0 spiro atoms. The third-order valence-corrected chi connectivity index (χ3v) is 6.82. The predicted octanol–water partition coefficient (Wildman–Crippen LogP) is 5.55. The van der Waals surface area contributed by atoms with Crippen LogP contribution in [-0.2, 0) is 4.79 Å². The van der Waals surface area contributed by atoms with Gasteiger partial charge in [-0.2, -0.15) is 0 Å². The zero-order chi connectivity index (χ0) is 22.0. The smallest absolute Gasteiger partial charge is 0.276 e. The summed E-state index contributed by atoms with van der Waals surface area (Å²) in [5.74, 6) is 0.111. The molecule has 0 unspecified atom stereocenters. The minimum absolute atomic E-state index is 0.0459. The number of hydrogen-bond acceptors (Lipinski definition) is 5. The van der Waals surface area contributed by atoms with E-state index in [2.05, 4.69) is 4.98 Å². The van der Waals surface area contributed by atoms with Gasteiger partial charge in [-0.1, -0.05) is 41.6 Å². The summed E-state index contributed by atoms with van der Waals surface area (Å²) in [6, 6.07) is 16.8. The molecule has 2 aromatic carbocycles. The normalized spacial score (nSPS) is 11.1. The van der Waals surface area contributed by atoms with Crippen LogP contribution >= 0.6 is 34.7 Å². The van der Waals surface area contributed by atoms with Crippen LogP contribution < -0.4 is 10.5 Å². The Hall–Kier alpha value is -2.61. The first-order valence-electron chi connectivity index (χ1n) is 9.74. The number of carbonyl (C=O) groups excluding carboxylic acids is 1. The van der Waals surface area contributed by atoms with E-state index in [9.17, 15) is 9.59 Å². The SMILES string of the molecule is CCN(C(=O)CSc1nc2ccsc2c(=O)n1-c1cccc(Cl)c1)c1cccc(C)c1. The fourth-order valence-electron chi connectivity index (χ4n) is 3.33. The molecule has 0 radical (unpaired) electrons. The van der Waals surface area contributed by atoms with Gasteiger partial charge in [0.25, 0.3) is 5.56 Å². The Morgan fingerprint density at radius 2 is 2.00 bits per heavy atom. The van der Waals surface area contributed by atoms with Crippen LogP contribution in [0.15, 0.2) is 69.9 Å². The van der Waals surface area contributed by atoms with Gasteiger partial charge in [0.05, 0.1) is 17.0 Å². The molecule has 0 aliphatic carbocycles. The lowest BCUT2D eigenvalue weighted by atomic mass is 10.2. The standard InChI is InChI=1S/C23H20ClN3O2S2/c1-3-26(17-8-4-6-15(2)12-17)20(28)14-31-23-25-19-10-11-30-21(19)22(29)27(23)18-9-5-7-16(24)13-18/h4-13H,3,14H2,1-2H3. The quantitative estimate of drug-likeness (QED) is 0.274. The molecule has 2 aromatic heterocycles. The molecule has 31 heavy (non-hydrogen) atoms. The number of nitrogens with zero attached hydrogens (tertiary/aromatic N) is 3. The van der Waals surface area contributed by atoms with E-state index < -0.39 is 0 Å². The van der Waals surface area contributed by atoms with Gasteiger partial charge < -0.3 is 4.90 Å². The van der Waals surface area contributed by atoms with E-state index in [4.69, 9.17) is 11.6 Å². The molecule has 4 aromatic rings. The molecule has 0 N–H and O–H groups in total. The van der Waals surface area contributed by atoms with Gasteiger partial charge in [0.15, 0.2) is 5.16 Å². The van der Waals surface area contributed by atoms with E-state index >= 15 is 0 Å². The summed E-state index contributed by atoms with van der Waals surface area (Å²) in [7, 11) is 0. The van der Waals surface area contributed by atoms with E-state index in [1.165, 1.54) is 27.7 Å². The molecule has 1 amide bonds. The molecule has 0 saturated heterocycles. The van der Waals surface area contributed by atoms with E-state index in [1.54, 1.807) is 23.1 Å². The van der Waals surface area contributed by atoms with E-state index in [1.807, 2.05) is 55.6 Å². The molecular weight excluding hydrogens is 450 g/mol. The molecule has 2 heterocycles. The Balaban J connectivity index is 1.68. The highest BCUT2D eigenvalue weighted by atomic mass is 35.5. The topological polar surface area (TPSA) is 55.2 Å². The number of aromatic nitrogens is 2. The zero-order valence-electron chi connectivity index (χ0n) is 17.0. The number of fused-ring (bicyclic) bond motifs is 1. The number of benzene rings is 2. The minimum Gasteiger partial charge on any atom is -0.312 e. The molecule has 8 heteroatoms. The molecule has 0 aliphatic rings. The number of halogens is 1. The molecule has 0 saturated carbocycles. The maximum atomic E-state index is 13.2. The van der Waals surface area contributed by atoms with Crippen LogP contribution in [0.1, 0.15) is 12.5 Å². The van der Waals surface area contributed by atoms with Crippen molar-refractivity contribution < 1.29 is 4.79 Å². The maximum absolute atomic E-state index is 13.2. The van der Waals surface area contributed by atoms with Gasteiger partial charge in [-0.05, 0) is 61.2 Å². The highest BCUT2D eigenvalue weighted by molar-refractivity contribution is 7.99. The molecule has 5 nitrogen and oxygen atoms in total. The zero-order valence-corrected chi connectivity index (χ0v) is 19.4. The Morgan fingerprint density at radius 1 is 1.19 bits per heavy atom. The van der Waals surface area contributed by atoms with E-state index in [0.717, 1.165) is 11.3 Å². The maximum Gasteiger partial charge on any atom is 0.276 e. The van der Waals surface area contributed by atoms with Crippen LogP contribution in [-0.4, -0.2) is 27.8 Å². The second kappa shape index (κ2) is 9.26. The summed E-state index contributed by atoms with van der Waals surface area (Å²) in [6.07, 6.45) is 0. The van der Waals surface area contributed by atoms with Gasteiger partial charge in [-0.15, -0.1) is 11.3 Å². The van der Waals surface area contributed by atoms with Crippen molar-refractivity contribution in [2.75, 3.05) is 17.2 Å². The molecule has 4 rings (SSSR count). The lowest BCUT2D eigenvalue weighted by Crippen LogP contribution is -2.32. The number of carbonyl (C=O) groups is 1. The van der Waals surface area contributed by atoms with Crippen molar-refractivity contribution in [3.63, 3.8) is 0 Å². The number of thioether (sulfide) groups is 1. The first-order valence-corrected chi connectivity index (χ1v) is 12.0. The highest BCUT2D eigenvalue weighted by Crippen LogP contribution is 2.26. The van der Waals surface area contributed by atoms with Crippen LogP contribution in [0.3, 0.4) is 0 Å². The van der Waals surface area contributed by atoms with Crippen LogP contribution in [0.2, 0.25) is 5.02 Å². The number of rotatable bonds is 6. The molecule has 0 fully saturated rings. The lowest BCUT2D eigenvalue weighted by Gasteiger charge is -2.21. The Kier molecular flexibility index (Phi) is 6.46. The van der Waals surface area contributed by atoms with Crippen LogP contribution in [0.25, 0.3) is 15.9 Å². The molecular formula is C23H20ClN3O2S2. The Labute approximate surface area is 193 Å². The monoisotopic (exact) mass is 469 g/mol. The summed E-state index contributed by atoms with van der Waals surface area (Å²) in [6.45, 7) is 4.50. The molecule has 158 valence electrons. The van der Waals surface area contributed by atoms with Gasteiger partial charge in [0.1, 0.15) is 4.70 Å². The Bertz CT molecular complexity index is 1320. The lowest BCUT2D eigenvalue weighted by molar-refractivity contribution is -0.116. The summed E-state index contributed by atoms with van der Waals surface area (Å²) in [4.78, 5) is 32.6. The van der Waals surface area contributed by atoms with E-state index in [-0.39, 0.29) is 17.2 Å². The summed E-state index contributed by atoms with van der Waals surface area (Å²) >= 11 is 8.77. The summed E-state index contributed by atoms with van der Waals surface area (Å²) < 4.78 is 2.11. The highest BCUT2D eigenvalue weighted by Gasteiger charge is 2.19. The van der Waals surface area contributed by atoms with Crippen LogP contribution in [0.4, 0.5) is 5.69 Å². The van der Waals surface area contributed by atoms with Crippen molar-refractivity contribution in [3.05, 3.63) is 80.9 Å². The number of thiophene rings is 1. The third kappa shape index (κ3) is 4.54. The fourth-order valence-corrected chi connectivity index (χ4v) is 5.17. The third-order valence-electron chi connectivity index (χ3n) is 4.77. The van der Waals surface area contributed by atoms with Gasteiger partial charge in [0.2, 0.25) is 5.91 Å². The molecule has 0 bridgehead atoms. The van der Waals surface area contributed by atoms with Gasteiger partial charge in [-0.3, -0.25) is 14.2 Å². The second-order valence-corrected chi connectivity index (χ2v) is 9.21. The van der Waals surface area contributed by atoms with Crippen molar-refractivity contribution >= 4 is 56.5 Å². The van der Waals surface area contributed by atoms with Gasteiger partial charge in [-0.25, -0.2) is 4.98 Å². The number of anilines is 1. The number of aryl methyl sites for hydroxylation is 1. The number of hydrogen-bond donors (Lipinski definition) is 0. The fraction of sp³-hybridized carbons (Fsp3) is 0.174. The average Bonchev–Trinajstić information content (AvgIpc) is 3.22. The molecule has 0 aliphatic heterocycles. The van der Waals surface area contributed by atoms with Crippen molar-refractivity contribution in [2.45, 2.75) is 19.0 Å². The van der Waals surface area contributed by atoms with Crippen LogP contribution in [0.5, 0.6) is 0 Å². The Morgan fingerprint density at radius 3 is 2.74 bits per heavy atom. The van der Waals surface area contributed by atoms with Crippen molar-refractivity contribution in [3.8, 4) is 5.69 Å². The van der Waals surface area contributed by atoms with Gasteiger partial charge in [0, 0.05) is 17.3 Å². The van der Waals surface area contributed by atoms with Gasteiger partial charge >= 0.3 is 0 Å². The number of amides is 1. The largest absolute Gasteiger partial charge is 0.312 e. The molecule has 0 atom stereocenters. The van der Waals surface area contributed by atoms with Crippen LogP contribution in [0, 0.1) is 6.92 Å². The first-order chi connectivity index (χ1) is 15.0. The average molecular weight is 470 g/mol. The van der Waals surface area contributed by atoms with Crippen molar-refractivity contribution in [2.24, 2.45) is 0 Å². The van der Waals surface area contributed by atoms with Crippen molar-refractivity contribution in [1.29, 1.82) is 0 Å². The second-order valence-electron chi connectivity index (χ2n) is 6.92. The predicted molar refractivity (Wildman–Crippen MR) is 130 cm³/mol. The summed E-state index contributed by atoms with van der Waals surface area (Å²) in [5, 5.41) is 2.84.